The van der Waals surface area contributed by atoms with Crippen molar-refractivity contribution in [3.8, 4) is 0 Å². The van der Waals surface area contributed by atoms with E-state index >= 15 is 4.39 Å². The van der Waals surface area contributed by atoms with Crippen LogP contribution in [-0.2, 0) is 5.34 Å². The first-order valence-electron chi connectivity index (χ1n) is 11.1. The lowest BCUT2D eigenvalue weighted by Crippen LogP contribution is -2.74. The lowest BCUT2D eigenvalue weighted by Gasteiger charge is -2.58. The summed E-state index contributed by atoms with van der Waals surface area (Å²) in [5.74, 6) is -0.280. The van der Waals surface area contributed by atoms with Gasteiger partial charge in [0.15, 0.2) is 0 Å². The Labute approximate surface area is 204 Å². The molecule has 2 aromatic rings. The van der Waals surface area contributed by atoms with E-state index in [9.17, 15) is 9.18 Å². The molecule has 168 valence electrons. The molecule has 5 nitrogen and oxygen atoms in total. The number of nitrogens with zero attached hydrogens (tertiary/aromatic N) is 3. The number of hydrogen-bond acceptors (Lipinski definition) is 4. The van der Waals surface area contributed by atoms with Crippen LogP contribution in [0.15, 0.2) is 30.6 Å². The Balaban J connectivity index is 1.82. The van der Waals surface area contributed by atoms with Crippen molar-refractivity contribution in [2.45, 2.75) is 34.9 Å². The fraction of sp³-hybridized carbons (Fsp3) is 0.421. The van der Waals surface area contributed by atoms with Gasteiger partial charge in [0.1, 0.15) is 64.4 Å². The number of benzene rings is 1. The van der Waals surface area contributed by atoms with Gasteiger partial charge in [0.05, 0.1) is 5.02 Å². The smallest absolute Gasteiger partial charge is 0.253 e. The molecule has 1 unspecified atom stereocenters. The van der Waals surface area contributed by atoms with Crippen molar-refractivity contribution in [1.82, 2.24) is 20.2 Å². The Kier molecular flexibility index (Phi) is 6.91. The quantitative estimate of drug-likeness (QED) is 0.482. The summed E-state index contributed by atoms with van der Waals surface area (Å²) < 4.78 is 30.4. The Morgan fingerprint density at radius 3 is 2.36 bits per heavy atom. The number of nitrogens with one attached hydrogen (secondary N) is 1. The van der Waals surface area contributed by atoms with Crippen LogP contribution >= 0.6 is 11.6 Å². The zero-order valence-corrected chi connectivity index (χ0v) is 21.1. The molecule has 1 fully saturated rings. The first-order valence-corrected chi connectivity index (χ1v) is 11.5. The number of rotatable bonds is 5. The molecular formula is C19H27B6ClF2N4O. The molecule has 33 heavy (non-hydrogen) atoms. The second-order valence-electron chi connectivity index (χ2n) is 10.7. The molecule has 2 heterocycles. The van der Waals surface area contributed by atoms with Gasteiger partial charge >= 0.3 is 0 Å². The third-order valence-corrected chi connectivity index (χ3v) is 7.08. The lowest BCUT2D eigenvalue weighted by molar-refractivity contribution is 0.0167. The van der Waals surface area contributed by atoms with Crippen LogP contribution in [0.4, 0.5) is 8.78 Å². The highest BCUT2D eigenvalue weighted by Gasteiger charge is 2.58. The summed E-state index contributed by atoms with van der Waals surface area (Å²) in [6.07, 6.45) is 3.64. The second kappa shape index (κ2) is 8.80. The highest BCUT2D eigenvalue weighted by Crippen LogP contribution is 2.48. The van der Waals surface area contributed by atoms with E-state index in [1.165, 1.54) is 18.2 Å². The van der Waals surface area contributed by atoms with Gasteiger partial charge < -0.3 is 10.2 Å². The van der Waals surface area contributed by atoms with E-state index < -0.39 is 27.4 Å². The first kappa shape index (κ1) is 25.9. The maximum Gasteiger partial charge on any atom is 0.253 e. The summed E-state index contributed by atoms with van der Waals surface area (Å²) in [7, 11) is 11.2. The number of aryl methyl sites for hydroxylation is 1. The van der Waals surface area contributed by atoms with Gasteiger partial charge in [0.2, 0.25) is 0 Å². The van der Waals surface area contributed by atoms with E-state index in [2.05, 4.69) is 15.3 Å². The zero-order chi connectivity index (χ0) is 24.8. The van der Waals surface area contributed by atoms with Crippen LogP contribution in [0, 0.1) is 12.7 Å². The fourth-order valence-corrected chi connectivity index (χ4v) is 5.28. The van der Waals surface area contributed by atoms with Crippen LogP contribution in [-0.4, -0.2) is 91.9 Å². The van der Waals surface area contributed by atoms with Crippen LogP contribution in [0.2, 0.25) is 10.2 Å². The van der Waals surface area contributed by atoms with E-state index in [0.717, 1.165) is 5.56 Å². The van der Waals surface area contributed by atoms with Crippen molar-refractivity contribution in [2.24, 2.45) is 0 Å². The molecule has 0 aliphatic carbocycles. The third-order valence-electron chi connectivity index (χ3n) is 6.79. The van der Waals surface area contributed by atoms with E-state index in [1.807, 2.05) is 54.0 Å². The molecule has 1 aliphatic rings. The van der Waals surface area contributed by atoms with Gasteiger partial charge in [-0.25, -0.2) is 18.7 Å². The molecule has 3 rings (SSSR count). The minimum absolute atomic E-state index is 0.108. The van der Waals surface area contributed by atoms with E-state index in [1.54, 1.807) is 17.3 Å². The molecule has 14 heteroatoms. The van der Waals surface area contributed by atoms with Crippen LogP contribution in [0.5, 0.6) is 0 Å². The predicted molar refractivity (Wildman–Crippen MR) is 144 cm³/mol. The molecule has 1 aromatic carbocycles. The standard InChI is InChI=1S/C19H27B6ClF2N4O/c1-10-7-29-15(30-8-10)18(22,23)31-19(24,25)16(28)4-5-32(9-17(16,20)21)14(33)11-2-3-13(27)12(26)6-11/h2-3,6-8,31H,4-5,9,20-25H2,1H3. The summed E-state index contributed by atoms with van der Waals surface area (Å²) in [6.45, 7) is 2.37. The van der Waals surface area contributed by atoms with Crippen molar-refractivity contribution in [3.05, 3.63) is 58.4 Å². The third kappa shape index (κ3) is 4.90. The molecule has 0 spiro atoms. The zero-order valence-electron chi connectivity index (χ0n) is 20.4. The topological polar surface area (TPSA) is 58.1 Å². The van der Waals surface area contributed by atoms with Gasteiger partial charge in [-0.15, -0.1) is 0 Å². The van der Waals surface area contributed by atoms with Gasteiger partial charge in [-0.3, -0.25) is 4.79 Å². The minimum atomic E-state index is -1.64. The highest BCUT2D eigenvalue weighted by atomic mass is 35.5. The number of aromatic nitrogens is 2. The molecular weight excluding hydrogens is 439 g/mol. The van der Waals surface area contributed by atoms with Crippen molar-refractivity contribution < 1.29 is 13.6 Å². The summed E-state index contributed by atoms with van der Waals surface area (Å²) >= 11 is 5.85. The number of amides is 1. The summed E-state index contributed by atoms with van der Waals surface area (Å²) in [5.41, 5.74) is -0.394. The van der Waals surface area contributed by atoms with Crippen molar-refractivity contribution in [2.75, 3.05) is 13.1 Å². The molecule has 1 N–H and O–H groups in total. The molecule has 0 saturated carbocycles. The fourth-order valence-electron chi connectivity index (χ4n) is 5.10. The second-order valence-corrected chi connectivity index (χ2v) is 11.2. The van der Waals surface area contributed by atoms with E-state index in [0.29, 0.717) is 11.4 Å². The Bertz CT molecular complexity index is 1060. The molecule has 0 bridgehead atoms. The maximum atomic E-state index is 16.9. The molecule has 1 saturated heterocycles. The predicted octanol–water partition coefficient (Wildman–Crippen LogP) is -2.90. The first-order chi connectivity index (χ1) is 15.1. The average Bonchev–Trinajstić information content (AvgIpc) is 2.71. The van der Waals surface area contributed by atoms with E-state index in [-0.39, 0.29) is 30.4 Å². The van der Waals surface area contributed by atoms with Crippen molar-refractivity contribution in [3.63, 3.8) is 0 Å². The SMILES string of the molecule is BC(B)(NC(B)(B)C1(F)CCN(C(=O)c2ccc(F)c(Cl)c2)CC1(B)B)c1ncc(C)cn1. The average molecular weight is 466 g/mol. The molecule has 0 radical (unpaired) electrons. The van der Waals surface area contributed by atoms with Gasteiger partial charge in [-0.1, -0.05) is 11.6 Å². The van der Waals surface area contributed by atoms with Gasteiger partial charge in [-0.2, -0.15) is 0 Å². The maximum absolute atomic E-state index is 16.9. The summed E-state index contributed by atoms with van der Waals surface area (Å²) in [4.78, 5) is 23.5. The Morgan fingerprint density at radius 2 is 1.82 bits per heavy atom. The number of carbonyl (C=O) groups is 1. The van der Waals surface area contributed by atoms with Crippen molar-refractivity contribution in [1.29, 1.82) is 0 Å². The van der Waals surface area contributed by atoms with Crippen LogP contribution < -0.4 is 5.32 Å². The minimum Gasteiger partial charge on any atom is -0.339 e. The molecule has 1 aliphatic heterocycles. The van der Waals surface area contributed by atoms with Crippen molar-refractivity contribution >= 4 is 64.6 Å². The molecule has 1 amide bonds. The van der Waals surface area contributed by atoms with Gasteiger partial charge in [0, 0.05) is 36.4 Å². The largest absolute Gasteiger partial charge is 0.339 e. The van der Waals surface area contributed by atoms with Crippen LogP contribution in [0.3, 0.4) is 0 Å². The highest BCUT2D eigenvalue weighted by molar-refractivity contribution is 6.47. The molecule has 1 aromatic heterocycles. The summed E-state index contributed by atoms with van der Waals surface area (Å²) in [5, 5.41) is 0.851. The number of piperidine rings is 1. The number of halogens is 3. The normalized spacial score (nSPS) is 21.0. The van der Waals surface area contributed by atoms with Crippen LogP contribution in [0.1, 0.15) is 28.2 Å². The lowest BCUT2D eigenvalue weighted by atomic mass is 9.34. The van der Waals surface area contributed by atoms with Crippen LogP contribution in [0.25, 0.3) is 0 Å². The number of likely N-dealkylation sites (tertiary alicyclic amines) is 1. The molecule has 1 atom stereocenters. The van der Waals surface area contributed by atoms with Gasteiger partial charge in [0.25, 0.3) is 5.91 Å². The Morgan fingerprint density at radius 1 is 1.21 bits per heavy atom. The Hall–Kier alpha value is -1.73. The van der Waals surface area contributed by atoms with Gasteiger partial charge in [-0.05, 0) is 47.7 Å². The van der Waals surface area contributed by atoms with E-state index in [4.69, 9.17) is 11.6 Å². The number of carbonyl (C=O) groups excluding carboxylic acids is 1. The number of alkyl halides is 1. The summed E-state index contributed by atoms with van der Waals surface area (Å²) in [6, 6.07) is 3.90. The monoisotopic (exact) mass is 466 g/mol. The number of hydrogen-bond donors (Lipinski definition) is 1.